The molecule has 4 aromatic rings. The molecular formula is C23H20Cl2N8O2. The van der Waals surface area contributed by atoms with Gasteiger partial charge < -0.3 is 15.8 Å². The number of nitriles is 1. The predicted molar refractivity (Wildman–Crippen MR) is 132 cm³/mol. The van der Waals surface area contributed by atoms with Crippen molar-refractivity contribution in [1.82, 2.24) is 24.6 Å². The Morgan fingerprint density at radius 3 is 2.74 bits per heavy atom. The number of hydrogen-bond donors (Lipinski definition) is 2. The number of nitrogens with zero attached hydrogens (tertiary/aromatic N) is 6. The van der Waals surface area contributed by atoms with Crippen LogP contribution < -0.4 is 11.1 Å². The van der Waals surface area contributed by atoms with Crippen LogP contribution in [0.1, 0.15) is 35.2 Å². The summed E-state index contributed by atoms with van der Waals surface area (Å²) < 4.78 is 6.47. The van der Waals surface area contributed by atoms with Crippen molar-refractivity contribution in [2.24, 2.45) is 0 Å². The molecule has 0 fully saturated rings. The second kappa shape index (κ2) is 10.5. The van der Waals surface area contributed by atoms with Crippen molar-refractivity contribution in [3.63, 3.8) is 0 Å². The van der Waals surface area contributed by atoms with Crippen molar-refractivity contribution in [3.05, 3.63) is 63.5 Å². The van der Waals surface area contributed by atoms with Crippen molar-refractivity contribution in [2.45, 2.75) is 19.8 Å². The Balaban J connectivity index is 1.60. The van der Waals surface area contributed by atoms with Gasteiger partial charge in [-0.25, -0.2) is 19.7 Å². The van der Waals surface area contributed by atoms with E-state index in [0.717, 1.165) is 5.69 Å². The number of carbonyl (C=O) groups is 1. The van der Waals surface area contributed by atoms with Gasteiger partial charge in [0.05, 0.1) is 22.9 Å². The van der Waals surface area contributed by atoms with Gasteiger partial charge in [0.2, 0.25) is 5.95 Å². The van der Waals surface area contributed by atoms with Crippen LogP contribution in [0.4, 0.5) is 11.8 Å². The maximum Gasteiger partial charge on any atom is 0.378 e. The highest BCUT2D eigenvalue weighted by molar-refractivity contribution is 6.36. The van der Waals surface area contributed by atoms with Crippen molar-refractivity contribution in [2.75, 3.05) is 24.2 Å². The number of nitrogens with one attached hydrogen (secondary N) is 1. The summed E-state index contributed by atoms with van der Waals surface area (Å²) in [7, 11) is 0. The number of nitrogens with two attached hydrogens (primary N) is 1. The minimum atomic E-state index is -0.627. The molecule has 0 aliphatic heterocycles. The number of pyridine rings is 1. The summed E-state index contributed by atoms with van der Waals surface area (Å²) in [4.78, 5) is 25.4. The molecule has 0 saturated heterocycles. The molecule has 4 rings (SSSR count). The third-order valence-corrected chi connectivity index (χ3v) is 5.53. The van der Waals surface area contributed by atoms with Crippen LogP contribution in [0, 0.1) is 11.3 Å². The van der Waals surface area contributed by atoms with E-state index in [1.165, 1.54) is 4.52 Å². The van der Waals surface area contributed by atoms with Gasteiger partial charge >= 0.3 is 5.97 Å². The fourth-order valence-corrected chi connectivity index (χ4v) is 3.85. The molecule has 3 heterocycles. The molecule has 0 spiro atoms. The zero-order valence-corrected chi connectivity index (χ0v) is 20.1. The first-order valence-electron chi connectivity index (χ1n) is 10.7. The van der Waals surface area contributed by atoms with Crippen LogP contribution in [0.3, 0.4) is 0 Å². The molecule has 12 heteroatoms. The zero-order chi connectivity index (χ0) is 24.9. The molecule has 0 atom stereocenters. The number of benzene rings is 1. The average molecular weight is 511 g/mol. The molecule has 3 aromatic heterocycles. The summed E-state index contributed by atoms with van der Waals surface area (Å²) in [6.07, 6.45) is 1.31. The molecular weight excluding hydrogens is 491 g/mol. The number of esters is 1. The predicted octanol–water partition coefficient (Wildman–Crippen LogP) is 4.17. The standard InChI is InChI=1S/C23H20Cl2N8O2/c1-2-35-22(34)21-31-19-11-18(16-8-6-14(24)10-17(16)25)30-23(33(19)32-21)28-9-3-4-15-7-5-13(12-26)20(27)29-15/h5-8,10-11H,2-4,9H2,1H3,(H2,27,29)(H,28,30). The number of fused-ring (bicyclic) bond motifs is 1. The van der Waals surface area contributed by atoms with E-state index in [1.54, 1.807) is 43.3 Å². The third-order valence-electron chi connectivity index (χ3n) is 4.99. The molecule has 0 radical (unpaired) electrons. The maximum absolute atomic E-state index is 12.2. The lowest BCUT2D eigenvalue weighted by molar-refractivity contribution is 0.0512. The Hall–Kier alpha value is -3.94. The Labute approximate surface area is 210 Å². The molecule has 0 amide bonds. The van der Waals surface area contributed by atoms with Gasteiger partial charge in [0.1, 0.15) is 11.9 Å². The number of aromatic nitrogens is 5. The minimum Gasteiger partial charge on any atom is -0.460 e. The van der Waals surface area contributed by atoms with Crippen LogP contribution in [0.15, 0.2) is 36.4 Å². The van der Waals surface area contributed by atoms with E-state index in [9.17, 15) is 4.79 Å². The fourth-order valence-electron chi connectivity index (χ4n) is 3.34. The van der Waals surface area contributed by atoms with Crippen LogP contribution in [0.2, 0.25) is 10.0 Å². The van der Waals surface area contributed by atoms with Gasteiger partial charge in [-0.3, -0.25) is 0 Å². The first kappa shape index (κ1) is 24.2. The van der Waals surface area contributed by atoms with E-state index < -0.39 is 5.97 Å². The number of aryl methyl sites for hydroxylation is 1. The van der Waals surface area contributed by atoms with E-state index in [2.05, 4.69) is 25.4 Å². The summed E-state index contributed by atoms with van der Waals surface area (Å²) >= 11 is 12.4. The second-order valence-corrected chi connectivity index (χ2v) is 8.24. The largest absolute Gasteiger partial charge is 0.460 e. The van der Waals surface area contributed by atoms with Gasteiger partial charge in [-0.2, -0.15) is 9.78 Å². The Bertz CT molecular complexity index is 1450. The van der Waals surface area contributed by atoms with Gasteiger partial charge in [0.25, 0.3) is 5.82 Å². The van der Waals surface area contributed by atoms with E-state index in [-0.39, 0.29) is 18.2 Å². The summed E-state index contributed by atoms with van der Waals surface area (Å²) in [5, 5.41) is 17.4. The van der Waals surface area contributed by atoms with Crippen molar-refractivity contribution >= 4 is 46.6 Å². The number of halogens is 2. The van der Waals surface area contributed by atoms with Crippen LogP contribution in [-0.2, 0) is 11.2 Å². The smallest absolute Gasteiger partial charge is 0.378 e. The molecule has 178 valence electrons. The Morgan fingerprint density at radius 2 is 2.03 bits per heavy atom. The maximum atomic E-state index is 12.2. The topological polar surface area (TPSA) is 144 Å². The Kier molecular flexibility index (Phi) is 7.29. The molecule has 0 saturated carbocycles. The van der Waals surface area contributed by atoms with Crippen molar-refractivity contribution in [1.29, 1.82) is 5.26 Å². The zero-order valence-electron chi connectivity index (χ0n) is 18.6. The number of nitrogen functional groups attached to an aromatic ring is 1. The number of hydrogen-bond acceptors (Lipinski definition) is 9. The number of anilines is 2. The lowest BCUT2D eigenvalue weighted by Gasteiger charge is -2.10. The monoisotopic (exact) mass is 510 g/mol. The van der Waals surface area contributed by atoms with Crippen LogP contribution in [0.25, 0.3) is 16.9 Å². The van der Waals surface area contributed by atoms with E-state index >= 15 is 0 Å². The van der Waals surface area contributed by atoms with Gasteiger partial charge in [0, 0.05) is 28.9 Å². The molecule has 0 unspecified atom stereocenters. The highest BCUT2D eigenvalue weighted by atomic mass is 35.5. The Morgan fingerprint density at radius 1 is 1.20 bits per heavy atom. The summed E-state index contributed by atoms with van der Waals surface area (Å²) in [5.74, 6) is -0.118. The lowest BCUT2D eigenvalue weighted by atomic mass is 10.1. The lowest BCUT2D eigenvalue weighted by Crippen LogP contribution is -2.11. The number of rotatable bonds is 8. The van der Waals surface area contributed by atoms with Crippen molar-refractivity contribution < 1.29 is 9.53 Å². The molecule has 35 heavy (non-hydrogen) atoms. The number of ether oxygens (including phenoxy) is 1. The molecule has 3 N–H and O–H groups in total. The molecule has 0 aliphatic rings. The van der Waals surface area contributed by atoms with E-state index in [0.29, 0.717) is 57.8 Å². The van der Waals surface area contributed by atoms with Gasteiger partial charge in [0.15, 0.2) is 5.65 Å². The van der Waals surface area contributed by atoms with Crippen molar-refractivity contribution in [3.8, 4) is 17.3 Å². The fraction of sp³-hybridized carbons (Fsp3) is 0.217. The summed E-state index contributed by atoms with van der Waals surface area (Å²) in [5.41, 5.74) is 8.50. The summed E-state index contributed by atoms with van der Waals surface area (Å²) in [6.45, 7) is 2.42. The average Bonchev–Trinajstić information content (AvgIpc) is 3.26. The first-order chi connectivity index (χ1) is 16.9. The van der Waals surface area contributed by atoms with Crippen LogP contribution in [-0.4, -0.2) is 43.7 Å². The normalized spacial score (nSPS) is 10.8. The van der Waals surface area contributed by atoms with Gasteiger partial charge in [-0.15, -0.1) is 5.10 Å². The van der Waals surface area contributed by atoms with Gasteiger partial charge in [-0.05, 0) is 50.1 Å². The van der Waals surface area contributed by atoms with Crippen LogP contribution >= 0.6 is 23.2 Å². The van der Waals surface area contributed by atoms with E-state index in [1.807, 2.05) is 6.07 Å². The number of carbonyl (C=O) groups excluding carboxylic acids is 1. The SMILES string of the molecule is CCOC(=O)c1nc2cc(-c3ccc(Cl)cc3Cl)nc(NCCCc3ccc(C#N)c(N)n3)n2n1. The quantitative estimate of drug-likeness (QED) is 0.263. The summed E-state index contributed by atoms with van der Waals surface area (Å²) in [6, 6.07) is 12.2. The highest BCUT2D eigenvalue weighted by Gasteiger charge is 2.18. The van der Waals surface area contributed by atoms with Crippen LogP contribution in [0.5, 0.6) is 0 Å². The third kappa shape index (κ3) is 5.42. The molecule has 1 aromatic carbocycles. The van der Waals surface area contributed by atoms with Gasteiger partial charge in [-0.1, -0.05) is 23.2 Å². The highest BCUT2D eigenvalue weighted by Crippen LogP contribution is 2.30. The molecule has 10 nitrogen and oxygen atoms in total. The molecule has 0 bridgehead atoms. The second-order valence-electron chi connectivity index (χ2n) is 7.39. The van der Waals surface area contributed by atoms with E-state index in [4.69, 9.17) is 38.9 Å². The molecule has 0 aliphatic carbocycles. The minimum absolute atomic E-state index is 0.0756. The first-order valence-corrected chi connectivity index (χ1v) is 11.4.